The summed E-state index contributed by atoms with van der Waals surface area (Å²) in [6.07, 6.45) is -1.26. The molecule has 1 aliphatic heterocycles. The number of alkyl halides is 3. The van der Waals surface area contributed by atoms with Crippen LogP contribution in [0.1, 0.15) is 40.7 Å². The summed E-state index contributed by atoms with van der Waals surface area (Å²) in [4.78, 5) is 38.1. The Morgan fingerprint density at radius 1 is 0.853 bits per heavy atom. The SMILES string of the molecule is O=C(CNC(=O)COc1ccc(C(F)(F)F)cc1)NCc1ccc(C(=O)N2CCCCC2)cc1. The number of benzene rings is 2. The largest absolute Gasteiger partial charge is 0.484 e. The smallest absolute Gasteiger partial charge is 0.416 e. The maximum atomic E-state index is 12.5. The quantitative estimate of drug-likeness (QED) is 0.612. The maximum Gasteiger partial charge on any atom is 0.416 e. The van der Waals surface area contributed by atoms with Gasteiger partial charge in [-0.25, -0.2) is 0 Å². The van der Waals surface area contributed by atoms with Crippen LogP contribution < -0.4 is 15.4 Å². The van der Waals surface area contributed by atoms with Crippen molar-refractivity contribution >= 4 is 17.7 Å². The van der Waals surface area contributed by atoms with Crippen molar-refractivity contribution in [3.8, 4) is 5.75 Å². The number of carbonyl (C=O) groups excluding carboxylic acids is 3. The molecule has 2 aromatic rings. The molecular weight excluding hydrogens is 451 g/mol. The summed E-state index contributed by atoms with van der Waals surface area (Å²) in [5.41, 5.74) is 0.599. The van der Waals surface area contributed by atoms with Crippen LogP contribution in [0.5, 0.6) is 5.75 Å². The van der Waals surface area contributed by atoms with Crippen LogP contribution in [-0.4, -0.2) is 48.9 Å². The summed E-state index contributed by atoms with van der Waals surface area (Å²) < 4.78 is 42.8. The molecule has 0 radical (unpaired) electrons. The first kappa shape index (κ1) is 25.1. The van der Waals surface area contributed by atoms with Gasteiger partial charge in [0.05, 0.1) is 12.1 Å². The summed E-state index contributed by atoms with van der Waals surface area (Å²) in [5.74, 6) is -0.890. The first-order valence-electron chi connectivity index (χ1n) is 10.9. The molecular formula is C24H26F3N3O4. The van der Waals surface area contributed by atoms with Crippen molar-refractivity contribution in [2.75, 3.05) is 26.2 Å². The Morgan fingerprint density at radius 2 is 1.50 bits per heavy atom. The summed E-state index contributed by atoms with van der Waals surface area (Å²) in [7, 11) is 0. The molecule has 7 nitrogen and oxygen atoms in total. The summed E-state index contributed by atoms with van der Waals surface area (Å²) in [6.45, 7) is 1.07. The zero-order valence-corrected chi connectivity index (χ0v) is 18.5. The highest BCUT2D eigenvalue weighted by atomic mass is 19.4. The van der Waals surface area contributed by atoms with E-state index >= 15 is 0 Å². The van der Waals surface area contributed by atoms with Gasteiger partial charge in [0, 0.05) is 25.2 Å². The van der Waals surface area contributed by atoms with E-state index in [1.165, 1.54) is 0 Å². The Kier molecular flexibility index (Phi) is 8.50. The minimum absolute atomic E-state index is 0.0107. The van der Waals surface area contributed by atoms with Crippen LogP contribution in [0.2, 0.25) is 0 Å². The van der Waals surface area contributed by atoms with Crippen LogP contribution in [0, 0.1) is 0 Å². The lowest BCUT2D eigenvalue weighted by Crippen LogP contribution is -2.38. The molecule has 0 aromatic heterocycles. The van der Waals surface area contributed by atoms with Gasteiger partial charge in [-0.1, -0.05) is 12.1 Å². The fourth-order valence-electron chi connectivity index (χ4n) is 3.43. The third-order valence-corrected chi connectivity index (χ3v) is 5.33. The summed E-state index contributed by atoms with van der Waals surface area (Å²) >= 11 is 0. The van der Waals surface area contributed by atoms with Gasteiger partial charge in [-0.2, -0.15) is 13.2 Å². The second-order valence-corrected chi connectivity index (χ2v) is 7.91. The number of halogens is 3. The molecule has 1 saturated heterocycles. The number of amides is 3. The molecule has 2 aromatic carbocycles. The maximum absolute atomic E-state index is 12.5. The molecule has 3 amide bonds. The van der Waals surface area contributed by atoms with Crippen molar-refractivity contribution in [1.29, 1.82) is 0 Å². The third kappa shape index (κ3) is 7.50. The predicted molar refractivity (Wildman–Crippen MR) is 118 cm³/mol. The molecule has 3 rings (SSSR count). The molecule has 0 spiro atoms. The fraction of sp³-hybridized carbons (Fsp3) is 0.375. The van der Waals surface area contributed by atoms with Crippen LogP contribution >= 0.6 is 0 Å². The zero-order chi connectivity index (χ0) is 24.6. The first-order chi connectivity index (χ1) is 16.2. The molecule has 34 heavy (non-hydrogen) atoms. The molecule has 0 bridgehead atoms. The van der Waals surface area contributed by atoms with E-state index in [0.29, 0.717) is 5.56 Å². The van der Waals surface area contributed by atoms with Gasteiger partial charge in [0.1, 0.15) is 5.75 Å². The summed E-state index contributed by atoms with van der Waals surface area (Å²) in [6, 6.07) is 11.0. The van der Waals surface area contributed by atoms with E-state index in [1.54, 1.807) is 24.3 Å². The summed E-state index contributed by atoms with van der Waals surface area (Å²) in [5, 5.41) is 5.04. The number of rotatable bonds is 8. The average molecular weight is 477 g/mol. The Bertz CT molecular complexity index is 986. The lowest BCUT2D eigenvalue weighted by molar-refractivity contribution is -0.137. The molecule has 0 saturated carbocycles. The highest BCUT2D eigenvalue weighted by molar-refractivity contribution is 5.94. The predicted octanol–water partition coefficient (Wildman–Crippen LogP) is 3.14. The number of nitrogens with zero attached hydrogens (tertiary/aromatic N) is 1. The second-order valence-electron chi connectivity index (χ2n) is 7.91. The highest BCUT2D eigenvalue weighted by Gasteiger charge is 2.30. The van der Waals surface area contributed by atoms with Crippen molar-refractivity contribution in [2.24, 2.45) is 0 Å². The number of ether oxygens (including phenoxy) is 1. The average Bonchev–Trinajstić information content (AvgIpc) is 2.85. The van der Waals surface area contributed by atoms with E-state index in [2.05, 4.69) is 10.6 Å². The number of nitrogens with one attached hydrogen (secondary N) is 2. The van der Waals surface area contributed by atoms with Crippen molar-refractivity contribution in [3.05, 3.63) is 65.2 Å². The molecule has 1 heterocycles. The third-order valence-electron chi connectivity index (χ3n) is 5.33. The van der Waals surface area contributed by atoms with Gasteiger partial charge in [-0.05, 0) is 61.2 Å². The highest BCUT2D eigenvalue weighted by Crippen LogP contribution is 2.30. The van der Waals surface area contributed by atoms with Crippen LogP contribution in [0.4, 0.5) is 13.2 Å². The van der Waals surface area contributed by atoms with Gasteiger partial charge < -0.3 is 20.3 Å². The molecule has 0 atom stereocenters. The fourth-order valence-corrected chi connectivity index (χ4v) is 3.43. The normalized spacial score (nSPS) is 13.8. The minimum atomic E-state index is -4.45. The van der Waals surface area contributed by atoms with E-state index in [-0.39, 0.29) is 24.7 Å². The number of hydrogen-bond acceptors (Lipinski definition) is 4. The monoisotopic (exact) mass is 477 g/mol. The molecule has 0 aliphatic carbocycles. The molecule has 0 unspecified atom stereocenters. The van der Waals surface area contributed by atoms with Crippen LogP contribution in [0.25, 0.3) is 0 Å². The van der Waals surface area contributed by atoms with Gasteiger partial charge in [0.25, 0.3) is 11.8 Å². The van der Waals surface area contributed by atoms with E-state index in [1.807, 2.05) is 4.90 Å². The standard InChI is InChI=1S/C24H26F3N3O4/c25-24(26,27)19-8-10-20(11-9-19)34-16-22(32)29-15-21(31)28-14-17-4-6-18(7-5-17)23(33)30-12-2-1-3-13-30/h4-11H,1-3,12-16H2,(H,28,31)(H,29,32). The molecule has 2 N–H and O–H groups in total. The van der Waals surface area contributed by atoms with Gasteiger partial charge >= 0.3 is 6.18 Å². The van der Waals surface area contributed by atoms with Crippen LogP contribution in [0.3, 0.4) is 0 Å². The first-order valence-corrected chi connectivity index (χ1v) is 10.9. The molecule has 1 fully saturated rings. The number of carbonyl (C=O) groups is 3. The molecule has 1 aliphatic rings. The van der Waals surface area contributed by atoms with Gasteiger partial charge in [-0.15, -0.1) is 0 Å². The molecule has 182 valence electrons. The van der Waals surface area contributed by atoms with Crippen molar-refractivity contribution in [3.63, 3.8) is 0 Å². The topological polar surface area (TPSA) is 87.7 Å². The molecule has 10 heteroatoms. The Morgan fingerprint density at radius 3 is 2.12 bits per heavy atom. The van der Waals surface area contributed by atoms with Crippen LogP contribution in [-0.2, 0) is 22.3 Å². The lowest BCUT2D eigenvalue weighted by atomic mass is 10.1. The van der Waals surface area contributed by atoms with E-state index in [9.17, 15) is 27.6 Å². The van der Waals surface area contributed by atoms with Crippen molar-refractivity contribution in [2.45, 2.75) is 32.0 Å². The lowest BCUT2D eigenvalue weighted by Gasteiger charge is -2.26. The minimum Gasteiger partial charge on any atom is -0.484 e. The Labute approximate surface area is 195 Å². The number of likely N-dealkylation sites (tertiary alicyclic amines) is 1. The Balaban J connectivity index is 1.35. The Hall–Kier alpha value is -3.56. The van der Waals surface area contributed by atoms with Crippen molar-refractivity contribution < 1.29 is 32.3 Å². The zero-order valence-electron chi connectivity index (χ0n) is 18.5. The van der Waals surface area contributed by atoms with Crippen molar-refractivity contribution in [1.82, 2.24) is 15.5 Å². The van der Waals surface area contributed by atoms with E-state index in [4.69, 9.17) is 4.74 Å². The van der Waals surface area contributed by atoms with Gasteiger partial charge in [-0.3, -0.25) is 14.4 Å². The van der Waals surface area contributed by atoms with E-state index < -0.39 is 30.2 Å². The van der Waals surface area contributed by atoms with E-state index in [0.717, 1.165) is 62.2 Å². The van der Waals surface area contributed by atoms with Gasteiger partial charge in [0.2, 0.25) is 5.91 Å². The number of hydrogen-bond donors (Lipinski definition) is 2. The number of piperidine rings is 1. The van der Waals surface area contributed by atoms with Gasteiger partial charge in [0.15, 0.2) is 6.61 Å². The van der Waals surface area contributed by atoms with Crippen LogP contribution in [0.15, 0.2) is 48.5 Å². The second kappa shape index (κ2) is 11.5.